The zero-order chi connectivity index (χ0) is 12.8. The number of sulfone groups is 1. The van der Waals surface area contributed by atoms with Crippen molar-refractivity contribution in [2.24, 2.45) is 5.92 Å². The molecule has 0 radical (unpaired) electrons. The van der Waals surface area contributed by atoms with Gasteiger partial charge in [0, 0.05) is 12.9 Å². The van der Waals surface area contributed by atoms with E-state index in [1.165, 1.54) is 0 Å². The number of rotatable bonds is 8. The fraction of sp³-hybridized carbons (Fsp3) is 1.00. The number of hydrogen-bond acceptors (Lipinski definition) is 4. The first-order valence-electron chi connectivity index (χ1n) is 5.75. The quantitative estimate of drug-likeness (QED) is 0.706. The molecule has 0 heterocycles. The molecule has 0 aliphatic rings. The summed E-state index contributed by atoms with van der Waals surface area (Å²) in [5, 5.41) is 9.83. The Kier molecular flexibility index (Phi) is 7.19. The van der Waals surface area contributed by atoms with Crippen LogP contribution in [-0.2, 0) is 14.6 Å². The largest absolute Gasteiger partial charge is 0.390 e. The molecule has 0 aliphatic heterocycles. The maximum atomic E-state index is 11.2. The lowest BCUT2D eigenvalue weighted by Gasteiger charge is -2.24. The summed E-state index contributed by atoms with van der Waals surface area (Å²) in [7, 11) is -1.35. The molecule has 0 saturated heterocycles. The Morgan fingerprint density at radius 1 is 1.31 bits per heavy atom. The molecule has 0 aromatic carbocycles. The van der Waals surface area contributed by atoms with Crippen molar-refractivity contribution in [3.05, 3.63) is 0 Å². The van der Waals surface area contributed by atoms with Crippen molar-refractivity contribution < 1.29 is 18.3 Å². The first-order valence-corrected chi connectivity index (χ1v) is 7.57. The summed E-state index contributed by atoms with van der Waals surface area (Å²) >= 11 is 0. The van der Waals surface area contributed by atoms with Gasteiger partial charge in [-0.1, -0.05) is 20.8 Å². The van der Waals surface area contributed by atoms with E-state index in [9.17, 15) is 13.5 Å². The second-order valence-electron chi connectivity index (χ2n) is 4.39. The third kappa shape index (κ3) is 5.82. The van der Waals surface area contributed by atoms with Gasteiger partial charge in [-0.25, -0.2) is 8.42 Å². The van der Waals surface area contributed by atoms with Crippen molar-refractivity contribution in [3.63, 3.8) is 0 Å². The Morgan fingerprint density at radius 2 is 1.88 bits per heavy atom. The van der Waals surface area contributed by atoms with Crippen LogP contribution in [0.4, 0.5) is 0 Å². The standard InChI is InChI=1S/C11H24O4S/c1-5-16(13,14)8-6-7-10(12)11(15-4)9(2)3/h9-12H,5-8H2,1-4H3. The van der Waals surface area contributed by atoms with Crippen molar-refractivity contribution in [1.29, 1.82) is 0 Å². The average molecular weight is 252 g/mol. The number of ether oxygens (including phenoxy) is 1. The predicted molar refractivity (Wildman–Crippen MR) is 65.2 cm³/mol. The maximum absolute atomic E-state index is 11.2. The summed E-state index contributed by atoms with van der Waals surface area (Å²) in [4.78, 5) is 0. The second-order valence-corrected chi connectivity index (χ2v) is 6.86. The summed E-state index contributed by atoms with van der Waals surface area (Å²) < 4.78 is 27.7. The second kappa shape index (κ2) is 7.25. The van der Waals surface area contributed by atoms with Crippen molar-refractivity contribution in [2.75, 3.05) is 18.6 Å². The van der Waals surface area contributed by atoms with Crippen molar-refractivity contribution in [1.82, 2.24) is 0 Å². The Balaban J connectivity index is 4.02. The van der Waals surface area contributed by atoms with Crippen molar-refractivity contribution in [2.45, 2.75) is 45.8 Å². The van der Waals surface area contributed by atoms with Gasteiger partial charge in [0.1, 0.15) is 9.84 Å². The summed E-state index contributed by atoms with van der Waals surface area (Å²) in [5.41, 5.74) is 0. The van der Waals surface area contributed by atoms with Gasteiger partial charge in [-0.3, -0.25) is 0 Å². The van der Waals surface area contributed by atoms with Gasteiger partial charge in [-0.15, -0.1) is 0 Å². The van der Waals surface area contributed by atoms with Crippen LogP contribution in [0.15, 0.2) is 0 Å². The summed E-state index contributed by atoms with van der Waals surface area (Å²) in [6.45, 7) is 5.58. The molecular formula is C11H24O4S. The molecule has 0 bridgehead atoms. The molecule has 0 aromatic heterocycles. The fourth-order valence-electron chi connectivity index (χ4n) is 1.69. The zero-order valence-electron chi connectivity index (χ0n) is 10.6. The lowest BCUT2D eigenvalue weighted by molar-refractivity contribution is -0.0407. The Bertz CT molecular complexity index is 272. The van der Waals surface area contributed by atoms with E-state index in [4.69, 9.17) is 4.74 Å². The highest BCUT2D eigenvalue weighted by atomic mass is 32.2. The molecule has 4 nitrogen and oxygen atoms in total. The highest BCUT2D eigenvalue weighted by Crippen LogP contribution is 2.14. The van der Waals surface area contributed by atoms with Crippen molar-refractivity contribution in [3.8, 4) is 0 Å². The molecule has 5 heteroatoms. The molecule has 0 spiro atoms. The van der Waals surface area contributed by atoms with Crippen LogP contribution >= 0.6 is 0 Å². The highest BCUT2D eigenvalue weighted by Gasteiger charge is 2.22. The molecule has 0 rings (SSSR count). The SMILES string of the molecule is CCS(=O)(=O)CCCC(O)C(OC)C(C)C. The van der Waals surface area contributed by atoms with E-state index in [2.05, 4.69) is 0 Å². The zero-order valence-corrected chi connectivity index (χ0v) is 11.5. The number of hydrogen-bond donors (Lipinski definition) is 1. The van der Waals surface area contributed by atoms with Crippen LogP contribution in [-0.4, -0.2) is 44.3 Å². The van der Waals surface area contributed by atoms with E-state index >= 15 is 0 Å². The van der Waals surface area contributed by atoms with Crippen LogP contribution in [0.3, 0.4) is 0 Å². The number of aliphatic hydroxyl groups is 1. The van der Waals surface area contributed by atoms with Gasteiger partial charge in [0.2, 0.25) is 0 Å². The van der Waals surface area contributed by atoms with Crippen LogP contribution in [0.1, 0.15) is 33.6 Å². The molecule has 0 aliphatic carbocycles. The van der Waals surface area contributed by atoms with E-state index in [1.54, 1.807) is 14.0 Å². The highest BCUT2D eigenvalue weighted by molar-refractivity contribution is 7.91. The molecular weight excluding hydrogens is 228 g/mol. The summed E-state index contributed by atoms with van der Waals surface area (Å²) in [6, 6.07) is 0. The topological polar surface area (TPSA) is 63.6 Å². The normalized spacial score (nSPS) is 16.4. The molecule has 0 aromatic rings. The molecule has 98 valence electrons. The lowest BCUT2D eigenvalue weighted by atomic mass is 9.99. The molecule has 1 N–H and O–H groups in total. The van der Waals surface area contributed by atoms with Crippen LogP contribution in [0.2, 0.25) is 0 Å². The van der Waals surface area contributed by atoms with Gasteiger partial charge in [0.05, 0.1) is 18.0 Å². The molecule has 16 heavy (non-hydrogen) atoms. The van der Waals surface area contributed by atoms with E-state index in [0.717, 1.165) is 0 Å². The van der Waals surface area contributed by atoms with E-state index in [-0.39, 0.29) is 23.5 Å². The van der Waals surface area contributed by atoms with E-state index in [0.29, 0.717) is 12.8 Å². The monoisotopic (exact) mass is 252 g/mol. The van der Waals surface area contributed by atoms with Crippen molar-refractivity contribution >= 4 is 9.84 Å². The smallest absolute Gasteiger partial charge is 0.150 e. The van der Waals surface area contributed by atoms with Gasteiger partial charge in [-0.2, -0.15) is 0 Å². The van der Waals surface area contributed by atoms with Gasteiger partial charge in [-0.05, 0) is 18.8 Å². The summed E-state index contributed by atoms with van der Waals surface area (Å²) in [5.74, 6) is 0.540. The Labute approximate surface area is 98.9 Å². The minimum Gasteiger partial charge on any atom is -0.390 e. The third-order valence-corrected chi connectivity index (χ3v) is 4.49. The minimum atomic E-state index is -2.92. The van der Waals surface area contributed by atoms with E-state index in [1.807, 2.05) is 13.8 Å². The Morgan fingerprint density at radius 3 is 2.25 bits per heavy atom. The molecule has 0 fully saturated rings. The first kappa shape index (κ1) is 15.9. The Hall–Kier alpha value is -0.130. The maximum Gasteiger partial charge on any atom is 0.150 e. The predicted octanol–water partition coefficient (Wildman–Crippen LogP) is 1.23. The van der Waals surface area contributed by atoms with Gasteiger partial charge >= 0.3 is 0 Å². The number of methoxy groups -OCH3 is 1. The van der Waals surface area contributed by atoms with Crippen LogP contribution < -0.4 is 0 Å². The number of aliphatic hydroxyl groups excluding tert-OH is 1. The molecule has 0 amide bonds. The average Bonchev–Trinajstić information content (AvgIpc) is 2.18. The van der Waals surface area contributed by atoms with E-state index < -0.39 is 15.9 Å². The van der Waals surface area contributed by atoms with Gasteiger partial charge < -0.3 is 9.84 Å². The van der Waals surface area contributed by atoms with Gasteiger partial charge in [0.15, 0.2) is 0 Å². The fourth-order valence-corrected chi connectivity index (χ4v) is 2.59. The minimum absolute atomic E-state index is 0.148. The molecule has 0 saturated carbocycles. The summed E-state index contributed by atoms with van der Waals surface area (Å²) in [6.07, 6.45) is 0.154. The molecule has 2 unspecified atom stereocenters. The molecule has 2 atom stereocenters. The third-order valence-electron chi connectivity index (χ3n) is 2.70. The van der Waals surface area contributed by atoms with Crippen LogP contribution in [0.5, 0.6) is 0 Å². The van der Waals surface area contributed by atoms with Gasteiger partial charge in [0.25, 0.3) is 0 Å². The van der Waals surface area contributed by atoms with Crippen LogP contribution in [0, 0.1) is 5.92 Å². The first-order chi connectivity index (χ1) is 7.34. The van der Waals surface area contributed by atoms with Crippen LogP contribution in [0.25, 0.3) is 0 Å². The lowest BCUT2D eigenvalue weighted by Crippen LogP contribution is -2.33.